The van der Waals surface area contributed by atoms with Gasteiger partial charge in [0.2, 0.25) is 0 Å². The lowest BCUT2D eigenvalue weighted by Gasteiger charge is -2.10. The zero-order chi connectivity index (χ0) is 23.8. The standard InChI is InChI=1S/C25H23NO7/c1-30-20-11-6-16(7-12-20)21(27)15-33-25(29)17-4-9-19(10-5-17)26-24(28)18-8-13-22(31-2)23(14-18)32-3/h4-14H,15H2,1-3H3,(H,26,28). The summed E-state index contributed by atoms with van der Waals surface area (Å²) >= 11 is 0. The van der Waals surface area contributed by atoms with E-state index in [1.165, 1.54) is 33.5 Å². The Labute approximate surface area is 191 Å². The van der Waals surface area contributed by atoms with Gasteiger partial charge in [-0.2, -0.15) is 0 Å². The van der Waals surface area contributed by atoms with Crippen LogP contribution in [0.2, 0.25) is 0 Å². The topological polar surface area (TPSA) is 100 Å². The first kappa shape index (κ1) is 23.3. The van der Waals surface area contributed by atoms with E-state index in [4.69, 9.17) is 18.9 Å². The van der Waals surface area contributed by atoms with Crippen LogP contribution in [0.15, 0.2) is 66.7 Å². The largest absolute Gasteiger partial charge is 0.497 e. The van der Waals surface area contributed by atoms with E-state index in [1.54, 1.807) is 54.6 Å². The quantitative estimate of drug-likeness (QED) is 0.389. The molecule has 0 heterocycles. The Hall–Kier alpha value is -4.33. The first-order valence-electron chi connectivity index (χ1n) is 9.93. The first-order chi connectivity index (χ1) is 15.9. The maximum absolute atomic E-state index is 12.5. The molecular weight excluding hydrogens is 426 g/mol. The highest BCUT2D eigenvalue weighted by Crippen LogP contribution is 2.28. The number of hydrogen-bond acceptors (Lipinski definition) is 7. The molecule has 33 heavy (non-hydrogen) atoms. The van der Waals surface area contributed by atoms with Crippen LogP contribution in [0.4, 0.5) is 5.69 Å². The number of methoxy groups -OCH3 is 3. The second-order valence-electron chi connectivity index (χ2n) is 6.83. The van der Waals surface area contributed by atoms with Gasteiger partial charge in [-0.15, -0.1) is 0 Å². The van der Waals surface area contributed by atoms with Gasteiger partial charge in [0.25, 0.3) is 5.91 Å². The van der Waals surface area contributed by atoms with Crippen molar-refractivity contribution in [2.24, 2.45) is 0 Å². The van der Waals surface area contributed by atoms with E-state index < -0.39 is 5.97 Å². The lowest BCUT2D eigenvalue weighted by atomic mass is 10.1. The molecule has 0 unspecified atom stereocenters. The molecule has 3 aromatic rings. The van der Waals surface area contributed by atoms with Gasteiger partial charge in [0, 0.05) is 16.8 Å². The molecule has 0 spiro atoms. The maximum Gasteiger partial charge on any atom is 0.338 e. The lowest BCUT2D eigenvalue weighted by molar-refractivity contribution is 0.0474. The summed E-state index contributed by atoms with van der Waals surface area (Å²) in [5.74, 6) is 0.257. The molecule has 0 aromatic heterocycles. The molecule has 0 atom stereocenters. The second kappa shape index (κ2) is 10.8. The number of benzene rings is 3. The van der Waals surface area contributed by atoms with E-state index in [2.05, 4.69) is 5.32 Å². The fourth-order valence-electron chi connectivity index (χ4n) is 2.95. The number of carbonyl (C=O) groups excluding carboxylic acids is 3. The van der Waals surface area contributed by atoms with Gasteiger partial charge in [-0.3, -0.25) is 9.59 Å². The number of hydrogen-bond donors (Lipinski definition) is 1. The van der Waals surface area contributed by atoms with Crippen LogP contribution >= 0.6 is 0 Å². The Kier molecular flexibility index (Phi) is 7.64. The zero-order valence-electron chi connectivity index (χ0n) is 18.4. The zero-order valence-corrected chi connectivity index (χ0v) is 18.4. The molecule has 0 aliphatic heterocycles. The van der Waals surface area contributed by atoms with Gasteiger partial charge < -0.3 is 24.3 Å². The Balaban J connectivity index is 1.57. The van der Waals surface area contributed by atoms with Crippen LogP contribution < -0.4 is 19.5 Å². The molecule has 170 valence electrons. The summed E-state index contributed by atoms with van der Waals surface area (Å²) in [6.07, 6.45) is 0. The Morgan fingerprint density at radius 2 is 1.30 bits per heavy atom. The predicted molar refractivity (Wildman–Crippen MR) is 122 cm³/mol. The number of esters is 1. The molecule has 0 aliphatic rings. The van der Waals surface area contributed by atoms with E-state index in [0.717, 1.165) is 0 Å². The van der Waals surface area contributed by atoms with Crippen molar-refractivity contribution in [2.75, 3.05) is 33.3 Å². The van der Waals surface area contributed by atoms with Crippen molar-refractivity contribution < 1.29 is 33.3 Å². The minimum Gasteiger partial charge on any atom is -0.497 e. The Morgan fingerprint density at radius 1 is 0.697 bits per heavy atom. The summed E-state index contributed by atoms with van der Waals surface area (Å²) in [5, 5.41) is 2.74. The average Bonchev–Trinajstić information content (AvgIpc) is 2.87. The van der Waals surface area contributed by atoms with Crippen molar-refractivity contribution in [1.82, 2.24) is 0 Å². The summed E-state index contributed by atoms with van der Waals surface area (Å²) in [7, 11) is 4.53. The number of ether oxygens (including phenoxy) is 4. The molecule has 0 saturated heterocycles. The third-order valence-corrected chi connectivity index (χ3v) is 4.77. The third-order valence-electron chi connectivity index (χ3n) is 4.77. The monoisotopic (exact) mass is 449 g/mol. The molecule has 0 bridgehead atoms. The normalized spacial score (nSPS) is 10.2. The maximum atomic E-state index is 12.5. The molecule has 1 amide bonds. The van der Waals surface area contributed by atoms with Gasteiger partial charge in [0.05, 0.1) is 26.9 Å². The van der Waals surface area contributed by atoms with Gasteiger partial charge >= 0.3 is 5.97 Å². The van der Waals surface area contributed by atoms with Crippen LogP contribution in [0.1, 0.15) is 31.1 Å². The highest BCUT2D eigenvalue weighted by Gasteiger charge is 2.14. The summed E-state index contributed by atoms with van der Waals surface area (Å²) in [5.41, 5.74) is 1.53. The van der Waals surface area contributed by atoms with Gasteiger partial charge in [-0.25, -0.2) is 4.79 Å². The van der Waals surface area contributed by atoms with Crippen LogP contribution in [0.3, 0.4) is 0 Å². The number of carbonyl (C=O) groups is 3. The molecule has 8 heteroatoms. The summed E-state index contributed by atoms with van der Waals surface area (Å²) < 4.78 is 20.5. The summed E-state index contributed by atoms with van der Waals surface area (Å²) in [6, 6.07) is 17.5. The second-order valence-corrected chi connectivity index (χ2v) is 6.83. The van der Waals surface area contributed by atoms with Crippen molar-refractivity contribution in [2.45, 2.75) is 0 Å². The van der Waals surface area contributed by atoms with Crippen LogP contribution in [0.25, 0.3) is 0 Å². The molecule has 1 N–H and O–H groups in total. The highest BCUT2D eigenvalue weighted by molar-refractivity contribution is 6.05. The molecular formula is C25H23NO7. The van der Waals surface area contributed by atoms with Gasteiger partial charge in [-0.05, 0) is 66.7 Å². The number of Topliss-reactive ketones (excluding diaryl/α,β-unsaturated/α-hetero) is 1. The minimum atomic E-state index is -0.644. The van der Waals surface area contributed by atoms with E-state index in [9.17, 15) is 14.4 Å². The van der Waals surface area contributed by atoms with Gasteiger partial charge in [0.1, 0.15) is 5.75 Å². The van der Waals surface area contributed by atoms with Crippen molar-refractivity contribution in [3.8, 4) is 17.2 Å². The fraction of sp³-hybridized carbons (Fsp3) is 0.160. The fourth-order valence-corrected chi connectivity index (χ4v) is 2.95. The van der Waals surface area contributed by atoms with Crippen LogP contribution in [0, 0.1) is 0 Å². The molecule has 0 saturated carbocycles. The summed E-state index contributed by atoms with van der Waals surface area (Å²) in [4.78, 5) is 37.0. The molecule has 3 rings (SSSR count). The average molecular weight is 449 g/mol. The number of rotatable bonds is 9. The first-order valence-corrected chi connectivity index (χ1v) is 9.93. The van der Waals surface area contributed by atoms with E-state index in [1.807, 2.05) is 0 Å². The molecule has 0 fully saturated rings. The van der Waals surface area contributed by atoms with Crippen LogP contribution in [-0.2, 0) is 4.74 Å². The van der Waals surface area contributed by atoms with Crippen molar-refractivity contribution >= 4 is 23.3 Å². The number of ketones is 1. The van der Waals surface area contributed by atoms with Crippen molar-refractivity contribution in [3.05, 3.63) is 83.4 Å². The minimum absolute atomic E-state index is 0.252. The number of anilines is 1. The third kappa shape index (κ3) is 5.88. The van der Waals surface area contributed by atoms with Crippen LogP contribution in [0.5, 0.6) is 17.2 Å². The predicted octanol–water partition coefficient (Wildman–Crippen LogP) is 4.00. The summed E-state index contributed by atoms with van der Waals surface area (Å²) in [6.45, 7) is -0.386. The van der Waals surface area contributed by atoms with Gasteiger partial charge in [-0.1, -0.05) is 0 Å². The number of amides is 1. The van der Waals surface area contributed by atoms with E-state index >= 15 is 0 Å². The van der Waals surface area contributed by atoms with Crippen LogP contribution in [-0.4, -0.2) is 45.6 Å². The smallest absolute Gasteiger partial charge is 0.338 e. The van der Waals surface area contributed by atoms with Crippen molar-refractivity contribution in [1.29, 1.82) is 0 Å². The Bertz CT molecular complexity index is 1140. The molecule has 3 aromatic carbocycles. The molecule has 0 aliphatic carbocycles. The molecule has 0 radical (unpaired) electrons. The van der Waals surface area contributed by atoms with E-state index in [-0.39, 0.29) is 23.9 Å². The number of nitrogens with one attached hydrogen (secondary N) is 1. The SMILES string of the molecule is COc1ccc(C(=O)COC(=O)c2ccc(NC(=O)c3ccc(OC)c(OC)c3)cc2)cc1. The van der Waals surface area contributed by atoms with Gasteiger partial charge in [0.15, 0.2) is 23.9 Å². The lowest BCUT2D eigenvalue weighted by Crippen LogP contribution is -2.15. The van der Waals surface area contributed by atoms with E-state index in [0.29, 0.717) is 34.1 Å². The van der Waals surface area contributed by atoms with Crippen molar-refractivity contribution in [3.63, 3.8) is 0 Å². The highest BCUT2D eigenvalue weighted by atomic mass is 16.5. The Morgan fingerprint density at radius 3 is 1.91 bits per heavy atom. The molecule has 8 nitrogen and oxygen atoms in total.